The fourth-order valence-electron chi connectivity index (χ4n) is 2.50. The Balaban J connectivity index is 1.76. The molecule has 0 spiro atoms. The van der Waals surface area contributed by atoms with Crippen molar-refractivity contribution in [3.8, 4) is 11.5 Å². The molecule has 0 aliphatic heterocycles. The first kappa shape index (κ1) is 18.2. The van der Waals surface area contributed by atoms with E-state index in [2.05, 4.69) is 15.1 Å². The van der Waals surface area contributed by atoms with Gasteiger partial charge in [0, 0.05) is 6.42 Å². The summed E-state index contributed by atoms with van der Waals surface area (Å²) in [5.41, 5.74) is 0.767. The summed E-state index contributed by atoms with van der Waals surface area (Å²) < 4.78 is 5.53. The lowest BCUT2D eigenvalue weighted by Gasteiger charge is -2.09. The minimum atomic E-state index is -0.605. The van der Waals surface area contributed by atoms with Crippen LogP contribution in [0.1, 0.15) is 28.3 Å². The van der Waals surface area contributed by atoms with Gasteiger partial charge in [-0.3, -0.25) is 4.79 Å². The van der Waals surface area contributed by atoms with Gasteiger partial charge in [-0.25, -0.2) is 9.97 Å². The third-order valence-corrected chi connectivity index (χ3v) is 3.86. The summed E-state index contributed by atoms with van der Waals surface area (Å²) in [5, 5.41) is 12.8. The van der Waals surface area contributed by atoms with E-state index < -0.39 is 17.4 Å². The summed E-state index contributed by atoms with van der Waals surface area (Å²) in [6.45, 7) is -0.0637. The average Bonchev–Trinajstić information content (AvgIpc) is 2.72. The molecule has 7 heteroatoms. The first-order valence-corrected chi connectivity index (χ1v) is 8.35. The molecule has 27 heavy (non-hydrogen) atoms. The second kappa shape index (κ2) is 8.66. The second-order valence-corrected chi connectivity index (χ2v) is 5.76. The number of para-hydroxylation sites is 1. The molecule has 0 fully saturated rings. The largest absolute Gasteiger partial charge is 0.503 e. The van der Waals surface area contributed by atoms with Crippen molar-refractivity contribution in [2.24, 2.45) is 5.18 Å². The van der Waals surface area contributed by atoms with E-state index >= 15 is 0 Å². The number of nitrogens with zero attached hydrogens (tertiary/aromatic N) is 3. The van der Waals surface area contributed by atoms with Crippen molar-refractivity contribution in [3.05, 3.63) is 82.7 Å². The van der Waals surface area contributed by atoms with Gasteiger partial charge >= 0.3 is 0 Å². The molecule has 1 N–H and O–H groups in total. The zero-order chi connectivity index (χ0) is 19.1. The van der Waals surface area contributed by atoms with Crippen LogP contribution in [-0.2, 0) is 13.0 Å². The van der Waals surface area contributed by atoms with Crippen molar-refractivity contribution >= 4 is 11.6 Å². The average molecular weight is 363 g/mol. The van der Waals surface area contributed by atoms with E-state index in [0.29, 0.717) is 12.2 Å². The van der Waals surface area contributed by atoms with E-state index in [1.807, 2.05) is 48.5 Å². The molecule has 3 aromatic rings. The maximum Gasteiger partial charge on any atom is 0.243 e. The highest BCUT2D eigenvalue weighted by atomic mass is 16.5. The Morgan fingerprint density at radius 3 is 2.33 bits per heavy atom. The molecule has 1 aromatic heterocycles. The van der Waals surface area contributed by atoms with Crippen molar-refractivity contribution < 1.29 is 14.6 Å². The topological polar surface area (TPSA) is 102 Å². The van der Waals surface area contributed by atoms with Crippen molar-refractivity contribution in [2.75, 3.05) is 0 Å². The number of aromatic hydroxyl groups is 1. The molecule has 2 aromatic carbocycles. The number of hydrogen-bond donors (Lipinski definition) is 1. The zero-order valence-electron chi connectivity index (χ0n) is 14.4. The Morgan fingerprint density at radius 2 is 1.67 bits per heavy atom. The standard InChI is InChI=1S/C20H17N3O4/c24-16(12-11-14-7-3-1-4-8-14)18-19(25)20(23-26)22-17(21-18)13-27-15-9-5-2-6-10-15/h1-10,25H,11-13H2. The number of carbonyl (C=O) groups is 1. The number of benzene rings is 2. The molecule has 0 amide bonds. The van der Waals surface area contributed by atoms with Gasteiger partial charge < -0.3 is 9.84 Å². The molecule has 7 nitrogen and oxygen atoms in total. The molecule has 0 atom stereocenters. The molecular formula is C20H17N3O4. The number of ketones is 1. The Hall–Kier alpha value is -3.61. The number of ether oxygens (including phenoxy) is 1. The lowest BCUT2D eigenvalue weighted by molar-refractivity contribution is 0.0974. The van der Waals surface area contributed by atoms with Crippen molar-refractivity contribution in [1.29, 1.82) is 0 Å². The smallest absolute Gasteiger partial charge is 0.243 e. The number of aromatic nitrogens is 2. The first-order chi connectivity index (χ1) is 13.2. The molecule has 3 rings (SSSR count). The normalized spacial score (nSPS) is 10.4. The van der Waals surface area contributed by atoms with Crippen molar-refractivity contribution in [2.45, 2.75) is 19.4 Å². The second-order valence-electron chi connectivity index (χ2n) is 5.76. The quantitative estimate of drug-likeness (QED) is 0.480. The summed E-state index contributed by atoms with van der Waals surface area (Å²) in [6.07, 6.45) is 0.620. The van der Waals surface area contributed by atoms with E-state index in [-0.39, 0.29) is 24.5 Å². The van der Waals surface area contributed by atoms with Crippen LogP contribution in [-0.4, -0.2) is 20.9 Å². The van der Waals surface area contributed by atoms with Gasteiger partial charge in [0.2, 0.25) is 5.82 Å². The van der Waals surface area contributed by atoms with E-state index in [9.17, 15) is 14.8 Å². The lowest BCUT2D eigenvalue weighted by Crippen LogP contribution is -2.10. The summed E-state index contributed by atoms with van der Waals surface area (Å²) in [6, 6.07) is 18.5. The Bertz CT molecular complexity index is 931. The number of rotatable bonds is 8. The minimum absolute atomic E-state index is 0.0637. The summed E-state index contributed by atoms with van der Waals surface area (Å²) in [4.78, 5) is 31.4. The monoisotopic (exact) mass is 363 g/mol. The van der Waals surface area contributed by atoms with Crippen LogP contribution in [0.25, 0.3) is 0 Å². The molecule has 136 valence electrons. The third kappa shape index (κ3) is 4.72. The highest BCUT2D eigenvalue weighted by Gasteiger charge is 2.20. The maximum absolute atomic E-state index is 12.5. The molecule has 0 radical (unpaired) electrons. The maximum atomic E-state index is 12.5. The van der Waals surface area contributed by atoms with E-state index in [1.54, 1.807) is 12.1 Å². The molecule has 0 unspecified atom stereocenters. The van der Waals surface area contributed by atoms with Crippen LogP contribution in [0.15, 0.2) is 65.8 Å². The fraction of sp³-hybridized carbons (Fsp3) is 0.150. The zero-order valence-corrected chi connectivity index (χ0v) is 14.4. The molecule has 0 saturated carbocycles. The van der Waals surface area contributed by atoms with Crippen LogP contribution in [0.2, 0.25) is 0 Å². The van der Waals surface area contributed by atoms with Gasteiger partial charge in [-0.2, -0.15) is 0 Å². The molecule has 0 bridgehead atoms. The molecule has 0 aliphatic rings. The lowest BCUT2D eigenvalue weighted by atomic mass is 10.1. The van der Waals surface area contributed by atoms with Gasteiger partial charge in [0.05, 0.1) is 0 Å². The molecule has 1 heterocycles. The summed E-state index contributed by atoms with van der Waals surface area (Å²) in [5.74, 6) is -0.795. The van der Waals surface area contributed by atoms with E-state index in [1.165, 1.54) is 0 Å². The van der Waals surface area contributed by atoms with E-state index in [0.717, 1.165) is 5.56 Å². The van der Waals surface area contributed by atoms with Crippen LogP contribution in [0.3, 0.4) is 0 Å². The number of carbonyl (C=O) groups excluding carboxylic acids is 1. The van der Waals surface area contributed by atoms with Crippen LogP contribution >= 0.6 is 0 Å². The number of hydrogen-bond acceptors (Lipinski definition) is 7. The van der Waals surface area contributed by atoms with Gasteiger partial charge in [0.15, 0.2) is 23.1 Å². The van der Waals surface area contributed by atoms with Gasteiger partial charge in [0.1, 0.15) is 12.4 Å². The number of aryl methyl sites for hydroxylation is 1. The summed E-state index contributed by atoms with van der Waals surface area (Å²) >= 11 is 0. The van der Waals surface area contributed by atoms with Crippen LogP contribution in [0, 0.1) is 4.91 Å². The first-order valence-electron chi connectivity index (χ1n) is 8.35. The minimum Gasteiger partial charge on any atom is -0.503 e. The SMILES string of the molecule is O=Nc1nc(COc2ccccc2)nc(C(=O)CCc2ccccc2)c1O. The van der Waals surface area contributed by atoms with Crippen molar-refractivity contribution in [1.82, 2.24) is 9.97 Å². The van der Waals surface area contributed by atoms with E-state index in [4.69, 9.17) is 4.74 Å². The number of Topliss-reactive ketones (excluding diaryl/α,β-unsaturated/α-hetero) is 1. The van der Waals surface area contributed by atoms with Gasteiger partial charge in [-0.1, -0.05) is 48.5 Å². The Kier molecular flexibility index (Phi) is 5.84. The van der Waals surface area contributed by atoms with Gasteiger partial charge in [-0.05, 0) is 29.3 Å². The Labute approximate surface area is 155 Å². The molecular weight excluding hydrogens is 346 g/mol. The highest BCUT2D eigenvalue weighted by molar-refractivity contribution is 5.97. The predicted octanol–water partition coefficient (Wildman–Crippen LogP) is 3.97. The van der Waals surface area contributed by atoms with Gasteiger partial charge in [-0.15, -0.1) is 4.91 Å². The van der Waals surface area contributed by atoms with Gasteiger partial charge in [0.25, 0.3) is 0 Å². The molecule has 0 aliphatic carbocycles. The van der Waals surface area contributed by atoms with Crippen LogP contribution < -0.4 is 4.74 Å². The van der Waals surface area contributed by atoms with Crippen molar-refractivity contribution in [3.63, 3.8) is 0 Å². The Morgan fingerprint density at radius 1 is 1.00 bits per heavy atom. The van der Waals surface area contributed by atoms with Crippen LogP contribution in [0.5, 0.6) is 11.5 Å². The molecule has 0 saturated heterocycles. The summed E-state index contributed by atoms with van der Waals surface area (Å²) in [7, 11) is 0. The number of nitroso groups, excluding NO2 is 1. The third-order valence-electron chi connectivity index (χ3n) is 3.86. The fourth-order valence-corrected chi connectivity index (χ4v) is 2.50. The van der Waals surface area contributed by atoms with Crippen LogP contribution in [0.4, 0.5) is 5.82 Å². The predicted molar refractivity (Wildman–Crippen MR) is 99.0 cm³/mol. The highest BCUT2D eigenvalue weighted by Crippen LogP contribution is 2.28.